The molecule has 0 amide bonds. The van der Waals surface area contributed by atoms with E-state index < -0.39 is 6.10 Å². The van der Waals surface area contributed by atoms with E-state index in [0.29, 0.717) is 0 Å². The molecule has 0 radical (unpaired) electrons. The largest absolute Gasteiger partial charge is 0.496 e. The molecule has 1 aromatic carbocycles. The summed E-state index contributed by atoms with van der Waals surface area (Å²) in [5, 5.41) is 12.7. The van der Waals surface area contributed by atoms with E-state index in [2.05, 4.69) is 4.98 Å². The molecule has 3 rings (SSSR count). The summed E-state index contributed by atoms with van der Waals surface area (Å²) in [6.07, 6.45) is 0.993. The Bertz CT molecular complexity index is 795. The minimum Gasteiger partial charge on any atom is -0.496 e. The van der Waals surface area contributed by atoms with Gasteiger partial charge in [-0.3, -0.25) is 4.98 Å². The van der Waals surface area contributed by atoms with Crippen molar-refractivity contribution in [1.82, 2.24) is 4.98 Å². The molecule has 0 aliphatic carbocycles. The molecule has 0 saturated heterocycles. The number of ether oxygens (including phenoxy) is 1. The van der Waals surface area contributed by atoms with E-state index in [1.807, 2.05) is 43.5 Å². The molecule has 1 N–H and O–H groups in total. The lowest BCUT2D eigenvalue weighted by Crippen LogP contribution is -2.05. The fourth-order valence-electron chi connectivity index (χ4n) is 2.49. The first-order valence-electron chi connectivity index (χ1n) is 6.77. The van der Waals surface area contributed by atoms with Gasteiger partial charge in [0.2, 0.25) is 0 Å². The van der Waals surface area contributed by atoms with E-state index in [4.69, 9.17) is 4.74 Å². The Morgan fingerprint density at radius 3 is 2.81 bits per heavy atom. The van der Waals surface area contributed by atoms with Crippen LogP contribution in [-0.4, -0.2) is 17.2 Å². The summed E-state index contributed by atoms with van der Waals surface area (Å²) in [5.41, 5.74) is 4.72. The van der Waals surface area contributed by atoms with Crippen LogP contribution in [-0.2, 0) is 0 Å². The molecule has 0 aliphatic heterocycles. The zero-order valence-corrected chi connectivity index (χ0v) is 13.1. The van der Waals surface area contributed by atoms with Crippen molar-refractivity contribution in [3.8, 4) is 5.75 Å². The number of aliphatic hydroxyl groups is 1. The van der Waals surface area contributed by atoms with Gasteiger partial charge in [0.25, 0.3) is 0 Å². The molecule has 108 valence electrons. The van der Waals surface area contributed by atoms with Crippen LogP contribution in [0.2, 0.25) is 0 Å². The summed E-state index contributed by atoms with van der Waals surface area (Å²) in [4.78, 5) is 4.39. The van der Waals surface area contributed by atoms with E-state index >= 15 is 0 Å². The first kappa shape index (κ1) is 14.0. The van der Waals surface area contributed by atoms with Gasteiger partial charge in [0.05, 0.1) is 17.3 Å². The molecule has 1 unspecified atom stereocenters. The van der Waals surface area contributed by atoms with Crippen LogP contribution >= 0.6 is 11.3 Å². The molecule has 2 heterocycles. The van der Waals surface area contributed by atoms with E-state index in [1.54, 1.807) is 24.6 Å². The van der Waals surface area contributed by atoms with Gasteiger partial charge >= 0.3 is 0 Å². The van der Waals surface area contributed by atoms with Gasteiger partial charge < -0.3 is 9.84 Å². The molecular weight excluding hydrogens is 282 g/mol. The number of rotatable bonds is 3. The molecule has 1 atom stereocenters. The highest BCUT2D eigenvalue weighted by molar-refractivity contribution is 7.17. The second-order valence-corrected chi connectivity index (χ2v) is 6.05. The predicted molar refractivity (Wildman–Crippen MR) is 86.1 cm³/mol. The van der Waals surface area contributed by atoms with E-state index in [9.17, 15) is 5.11 Å². The third-order valence-corrected chi connectivity index (χ3v) is 4.70. The van der Waals surface area contributed by atoms with Crippen molar-refractivity contribution in [3.05, 3.63) is 58.1 Å². The summed E-state index contributed by atoms with van der Waals surface area (Å²) in [6.45, 7) is 4.04. The number of hydrogen-bond donors (Lipinski definition) is 1. The standard InChI is InChI=1S/C17H17NO2S/c1-10-4-5-13(17(20-3)11(10)2)16(19)12-8-15-14(18-9-12)6-7-21-15/h4-9,16,19H,1-3H3. The average molecular weight is 299 g/mol. The fourth-order valence-corrected chi connectivity index (χ4v) is 3.28. The van der Waals surface area contributed by atoms with Gasteiger partial charge in [-0.25, -0.2) is 0 Å². The molecule has 21 heavy (non-hydrogen) atoms. The van der Waals surface area contributed by atoms with Crippen molar-refractivity contribution in [1.29, 1.82) is 0 Å². The van der Waals surface area contributed by atoms with Gasteiger partial charge in [0.1, 0.15) is 11.9 Å². The van der Waals surface area contributed by atoms with Gasteiger partial charge in [-0.15, -0.1) is 11.3 Å². The van der Waals surface area contributed by atoms with Crippen LogP contribution in [0.3, 0.4) is 0 Å². The second-order valence-electron chi connectivity index (χ2n) is 5.11. The van der Waals surface area contributed by atoms with Crippen LogP contribution in [0, 0.1) is 13.8 Å². The highest BCUT2D eigenvalue weighted by atomic mass is 32.1. The third-order valence-electron chi connectivity index (χ3n) is 3.85. The van der Waals surface area contributed by atoms with Crippen molar-refractivity contribution in [2.45, 2.75) is 20.0 Å². The Morgan fingerprint density at radius 2 is 2.05 bits per heavy atom. The number of aliphatic hydroxyl groups excluding tert-OH is 1. The van der Waals surface area contributed by atoms with Crippen LogP contribution in [0.25, 0.3) is 10.2 Å². The maximum Gasteiger partial charge on any atom is 0.128 e. The van der Waals surface area contributed by atoms with Crippen molar-refractivity contribution >= 4 is 21.6 Å². The Labute approximate surface area is 127 Å². The van der Waals surface area contributed by atoms with E-state index in [-0.39, 0.29) is 0 Å². The number of pyridine rings is 1. The number of fused-ring (bicyclic) bond motifs is 1. The van der Waals surface area contributed by atoms with Gasteiger partial charge in [0, 0.05) is 17.3 Å². The smallest absolute Gasteiger partial charge is 0.128 e. The molecular formula is C17H17NO2S. The number of thiophene rings is 1. The monoisotopic (exact) mass is 299 g/mol. The lowest BCUT2D eigenvalue weighted by molar-refractivity contribution is 0.214. The Hall–Kier alpha value is -1.91. The van der Waals surface area contributed by atoms with E-state index in [1.165, 1.54) is 0 Å². The molecule has 2 aromatic heterocycles. The first-order chi connectivity index (χ1) is 10.1. The molecule has 4 heteroatoms. The highest BCUT2D eigenvalue weighted by Gasteiger charge is 2.18. The van der Waals surface area contributed by atoms with Crippen LogP contribution in [0.15, 0.2) is 35.8 Å². The maximum atomic E-state index is 10.7. The lowest BCUT2D eigenvalue weighted by atomic mass is 9.97. The lowest BCUT2D eigenvalue weighted by Gasteiger charge is -2.18. The molecule has 3 aromatic rings. The number of hydrogen-bond acceptors (Lipinski definition) is 4. The van der Waals surface area contributed by atoms with Crippen molar-refractivity contribution in [3.63, 3.8) is 0 Å². The summed E-state index contributed by atoms with van der Waals surface area (Å²) in [6, 6.07) is 7.90. The SMILES string of the molecule is COc1c(C(O)c2cnc3ccsc3c2)ccc(C)c1C. The number of aryl methyl sites for hydroxylation is 1. The molecule has 0 bridgehead atoms. The van der Waals surface area contributed by atoms with Crippen LogP contribution < -0.4 is 4.74 Å². The van der Waals surface area contributed by atoms with Crippen molar-refractivity contribution < 1.29 is 9.84 Å². The van der Waals surface area contributed by atoms with Gasteiger partial charge in [-0.1, -0.05) is 12.1 Å². The second kappa shape index (κ2) is 5.47. The minimum absolute atomic E-state index is 0.738. The average Bonchev–Trinajstić information content (AvgIpc) is 2.96. The zero-order valence-electron chi connectivity index (χ0n) is 12.3. The van der Waals surface area contributed by atoms with Crippen LogP contribution in [0.4, 0.5) is 0 Å². The summed E-state index contributed by atoms with van der Waals surface area (Å²) < 4.78 is 6.57. The fraction of sp³-hybridized carbons (Fsp3) is 0.235. The Balaban J connectivity index is 2.09. The van der Waals surface area contributed by atoms with Gasteiger partial charge in [0.15, 0.2) is 0 Å². The normalized spacial score (nSPS) is 12.6. The van der Waals surface area contributed by atoms with Gasteiger partial charge in [-0.2, -0.15) is 0 Å². The Kier molecular flexibility index (Phi) is 3.66. The van der Waals surface area contributed by atoms with Crippen molar-refractivity contribution in [2.75, 3.05) is 7.11 Å². The zero-order chi connectivity index (χ0) is 15.0. The number of benzene rings is 1. The van der Waals surface area contributed by atoms with Gasteiger partial charge in [-0.05, 0) is 42.5 Å². The topological polar surface area (TPSA) is 42.4 Å². The Morgan fingerprint density at radius 1 is 1.24 bits per heavy atom. The molecule has 0 fully saturated rings. The van der Waals surface area contributed by atoms with Crippen LogP contribution in [0.5, 0.6) is 5.75 Å². The summed E-state index contributed by atoms with van der Waals surface area (Å²) in [5.74, 6) is 0.744. The first-order valence-corrected chi connectivity index (χ1v) is 7.65. The van der Waals surface area contributed by atoms with Crippen LogP contribution in [0.1, 0.15) is 28.4 Å². The number of aromatic nitrogens is 1. The quantitative estimate of drug-likeness (QED) is 0.794. The molecule has 0 saturated carbocycles. The minimum atomic E-state index is -0.738. The number of nitrogens with zero attached hydrogens (tertiary/aromatic N) is 1. The summed E-state index contributed by atoms with van der Waals surface area (Å²) in [7, 11) is 1.64. The molecule has 0 aliphatic rings. The maximum absolute atomic E-state index is 10.7. The highest BCUT2D eigenvalue weighted by Crippen LogP contribution is 2.35. The summed E-state index contributed by atoms with van der Waals surface area (Å²) >= 11 is 1.62. The third kappa shape index (κ3) is 2.41. The number of methoxy groups -OCH3 is 1. The molecule has 3 nitrogen and oxygen atoms in total. The van der Waals surface area contributed by atoms with E-state index in [0.717, 1.165) is 38.2 Å². The molecule has 0 spiro atoms. The van der Waals surface area contributed by atoms with Crippen molar-refractivity contribution in [2.24, 2.45) is 0 Å². The predicted octanol–water partition coefficient (Wildman–Crippen LogP) is 4.00.